The van der Waals surface area contributed by atoms with Crippen LogP contribution in [-0.4, -0.2) is 64.8 Å². The number of likely N-dealkylation sites (tertiary alicyclic amines) is 1. The Kier molecular flexibility index (Phi) is 4.55. The highest BCUT2D eigenvalue weighted by molar-refractivity contribution is 6.17. The Balaban J connectivity index is 1.07. The average molecular weight is 403 g/mol. The van der Waals surface area contributed by atoms with Gasteiger partial charge in [-0.25, -0.2) is 0 Å². The highest BCUT2D eigenvalue weighted by Crippen LogP contribution is 2.43. The fourth-order valence-corrected chi connectivity index (χ4v) is 5.60. The Morgan fingerprint density at radius 3 is 2.40 bits per heavy atom. The lowest BCUT2D eigenvalue weighted by atomic mass is 9.70. The smallest absolute Gasteiger partial charge is 0.151 e. The monoisotopic (exact) mass is 402 g/mol. The molecule has 0 bridgehead atoms. The van der Waals surface area contributed by atoms with Crippen molar-refractivity contribution in [2.45, 2.75) is 57.0 Å². The van der Waals surface area contributed by atoms with Crippen molar-refractivity contribution in [1.82, 2.24) is 15.1 Å². The third kappa shape index (κ3) is 3.31. The van der Waals surface area contributed by atoms with E-state index in [2.05, 4.69) is 37.1 Å². The second-order valence-electron chi connectivity index (χ2n) is 9.57. The molecule has 1 saturated carbocycles. The molecule has 5 aliphatic rings. The highest BCUT2D eigenvalue weighted by Gasteiger charge is 2.39. The molecule has 0 radical (unpaired) electrons. The summed E-state index contributed by atoms with van der Waals surface area (Å²) in [6, 6.07) is 5.13. The lowest BCUT2D eigenvalue weighted by Gasteiger charge is -2.50. The van der Waals surface area contributed by atoms with E-state index in [1.807, 2.05) is 24.4 Å². The Labute approximate surface area is 178 Å². The van der Waals surface area contributed by atoms with E-state index >= 15 is 0 Å². The van der Waals surface area contributed by atoms with Gasteiger partial charge in [-0.2, -0.15) is 0 Å². The maximum Gasteiger partial charge on any atom is 0.151 e. The Bertz CT molecular complexity index is 906. The van der Waals surface area contributed by atoms with Gasteiger partial charge in [0.05, 0.1) is 11.4 Å². The van der Waals surface area contributed by atoms with Gasteiger partial charge >= 0.3 is 0 Å². The quantitative estimate of drug-likeness (QED) is 0.778. The van der Waals surface area contributed by atoms with E-state index < -0.39 is 0 Å². The zero-order valence-electron chi connectivity index (χ0n) is 17.6. The summed E-state index contributed by atoms with van der Waals surface area (Å²) >= 11 is 0. The van der Waals surface area contributed by atoms with Crippen molar-refractivity contribution in [1.29, 1.82) is 0 Å². The molecule has 6 rings (SSSR count). The van der Waals surface area contributed by atoms with Crippen LogP contribution in [0.2, 0.25) is 0 Å². The van der Waals surface area contributed by atoms with Gasteiger partial charge in [-0.1, -0.05) is 6.42 Å². The van der Waals surface area contributed by atoms with Gasteiger partial charge in [0.1, 0.15) is 11.7 Å². The van der Waals surface area contributed by atoms with Gasteiger partial charge in [0.2, 0.25) is 0 Å². The van der Waals surface area contributed by atoms with Crippen LogP contribution in [0.4, 0.5) is 5.82 Å². The second-order valence-corrected chi connectivity index (χ2v) is 9.57. The lowest BCUT2D eigenvalue weighted by Crippen LogP contribution is -2.51. The molecule has 0 aromatic carbocycles. The lowest BCUT2D eigenvalue weighted by molar-refractivity contribution is 0.0305. The Morgan fingerprint density at radius 1 is 0.900 bits per heavy atom. The van der Waals surface area contributed by atoms with E-state index in [0.717, 1.165) is 42.1 Å². The summed E-state index contributed by atoms with van der Waals surface area (Å²) in [5.41, 5.74) is 3.30. The molecule has 0 N–H and O–H groups in total. The molecule has 1 aliphatic carbocycles. The van der Waals surface area contributed by atoms with Crippen molar-refractivity contribution in [2.24, 2.45) is 15.4 Å². The minimum atomic E-state index is 0.0421. The van der Waals surface area contributed by atoms with Gasteiger partial charge in [0.15, 0.2) is 5.82 Å². The molecule has 6 heteroatoms. The molecule has 3 fully saturated rings. The molecule has 5 heterocycles. The highest BCUT2D eigenvalue weighted by atomic mass is 15.3. The van der Waals surface area contributed by atoms with Crippen LogP contribution in [0.15, 0.2) is 46.5 Å². The topological polar surface area (TPSA) is 57.0 Å². The van der Waals surface area contributed by atoms with Gasteiger partial charge < -0.3 is 9.80 Å². The number of hydrogen-bond acceptors (Lipinski definition) is 6. The summed E-state index contributed by atoms with van der Waals surface area (Å²) < 4.78 is 0. The standard InChI is InChI=1S/C24H30N6/c1-2-18(3-1)29-14-9-24(10-15-29)11-16-30(17-12-24)23-7-6-22(27-28-23)20-5-4-19-21(26-20)8-13-25-19/h4-8,13,18,21H,1-3,9-12,14-17H2. The number of nitrogens with zero attached hydrogens (tertiary/aromatic N) is 6. The number of allylic oxidation sites excluding steroid dienone is 1. The fraction of sp³-hybridized carbons (Fsp3) is 0.583. The van der Waals surface area contributed by atoms with E-state index in [4.69, 9.17) is 4.99 Å². The first-order valence-electron chi connectivity index (χ1n) is 11.6. The zero-order chi connectivity index (χ0) is 20.0. The van der Waals surface area contributed by atoms with Crippen LogP contribution < -0.4 is 4.90 Å². The molecule has 4 aliphatic heterocycles. The summed E-state index contributed by atoms with van der Waals surface area (Å²) in [4.78, 5) is 14.2. The van der Waals surface area contributed by atoms with Gasteiger partial charge in [-0.05, 0) is 87.4 Å². The number of anilines is 1. The molecular formula is C24H30N6. The van der Waals surface area contributed by atoms with Crippen molar-refractivity contribution in [2.75, 3.05) is 31.1 Å². The van der Waals surface area contributed by atoms with Crippen LogP contribution >= 0.6 is 0 Å². The summed E-state index contributed by atoms with van der Waals surface area (Å²) in [5.74, 6) is 1.00. The summed E-state index contributed by atoms with van der Waals surface area (Å²) in [6.45, 7) is 4.84. The second kappa shape index (κ2) is 7.41. The minimum absolute atomic E-state index is 0.0421. The maximum absolute atomic E-state index is 4.73. The Hall–Kier alpha value is -2.34. The van der Waals surface area contributed by atoms with Crippen molar-refractivity contribution in [3.05, 3.63) is 42.3 Å². The van der Waals surface area contributed by atoms with Crippen LogP contribution in [0.3, 0.4) is 0 Å². The van der Waals surface area contributed by atoms with E-state index in [-0.39, 0.29) is 6.04 Å². The number of aliphatic imine (C=N–C) groups is 2. The van der Waals surface area contributed by atoms with E-state index in [0.29, 0.717) is 5.41 Å². The van der Waals surface area contributed by atoms with Crippen molar-refractivity contribution < 1.29 is 0 Å². The molecule has 30 heavy (non-hydrogen) atoms. The number of dihydropyridines is 1. The zero-order valence-corrected chi connectivity index (χ0v) is 17.6. The molecule has 6 nitrogen and oxygen atoms in total. The predicted molar refractivity (Wildman–Crippen MR) is 120 cm³/mol. The first-order valence-corrected chi connectivity index (χ1v) is 11.6. The van der Waals surface area contributed by atoms with Crippen LogP contribution in [0.25, 0.3) is 0 Å². The molecule has 1 aromatic rings. The fourth-order valence-electron chi connectivity index (χ4n) is 5.60. The Morgan fingerprint density at radius 2 is 1.70 bits per heavy atom. The van der Waals surface area contributed by atoms with Crippen LogP contribution in [-0.2, 0) is 0 Å². The largest absolute Gasteiger partial charge is 0.355 e. The first kappa shape index (κ1) is 18.4. The normalized spacial score (nSPS) is 28.3. The summed E-state index contributed by atoms with van der Waals surface area (Å²) in [7, 11) is 0. The van der Waals surface area contributed by atoms with Crippen LogP contribution in [0.1, 0.15) is 50.6 Å². The first-order chi connectivity index (χ1) is 14.8. The van der Waals surface area contributed by atoms with Crippen molar-refractivity contribution in [3.63, 3.8) is 0 Å². The SMILES string of the molecule is C1=CC2N=C(c3ccc(N4CCC5(CC4)CCN(C4CCC4)CC5)nn3)C=CC2=N1. The summed E-state index contributed by atoms with van der Waals surface area (Å²) in [5, 5.41) is 9.05. The van der Waals surface area contributed by atoms with Crippen molar-refractivity contribution >= 4 is 17.2 Å². The molecular weight excluding hydrogens is 372 g/mol. The number of piperidine rings is 2. The average Bonchev–Trinajstić information content (AvgIpc) is 3.23. The number of aromatic nitrogens is 2. The molecule has 0 amide bonds. The van der Waals surface area contributed by atoms with Crippen LogP contribution in [0.5, 0.6) is 0 Å². The molecule has 2 saturated heterocycles. The molecule has 1 aromatic heterocycles. The maximum atomic E-state index is 4.73. The van der Waals surface area contributed by atoms with Gasteiger partial charge in [0.25, 0.3) is 0 Å². The molecule has 1 spiro atoms. The van der Waals surface area contributed by atoms with E-state index in [9.17, 15) is 0 Å². The van der Waals surface area contributed by atoms with Gasteiger partial charge in [0, 0.05) is 25.3 Å². The number of rotatable bonds is 3. The number of hydrogen-bond donors (Lipinski definition) is 0. The number of fused-ring (bicyclic) bond motifs is 1. The third-order valence-corrected chi connectivity index (χ3v) is 8.00. The van der Waals surface area contributed by atoms with Gasteiger partial charge in [-0.15, -0.1) is 10.2 Å². The molecule has 156 valence electrons. The minimum Gasteiger partial charge on any atom is -0.355 e. The van der Waals surface area contributed by atoms with E-state index in [1.165, 1.54) is 58.0 Å². The molecule has 1 atom stereocenters. The summed E-state index contributed by atoms with van der Waals surface area (Å²) in [6.07, 6.45) is 17.5. The van der Waals surface area contributed by atoms with E-state index in [1.54, 1.807) is 0 Å². The third-order valence-electron chi connectivity index (χ3n) is 8.00. The predicted octanol–water partition coefficient (Wildman–Crippen LogP) is 3.41. The van der Waals surface area contributed by atoms with Crippen LogP contribution in [0, 0.1) is 5.41 Å². The molecule has 1 unspecified atom stereocenters. The van der Waals surface area contributed by atoms with Gasteiger partial charge in [-0.3, -0.25) is 9.98 Å². The van der Waals surface area contributed by atoms with Crippen molar-refractivity contribution in [3.8, 4) is 0 Å².